The van der Waals surface area contributed by atoms with E-state index in [1.807, 2.05) is 13.0 Å². The van der Waals surface area contributed by atoms with Crippen LogP contribution >= 0.6 is 11.6 Å². The van der Waals surface area contributed by atoms with Gasteiger partial charge in [-0.15, -0.1) is 0 Å². The Bertz CT molecular complexity index is 831. The highest BCUT2D eigenvalue weighted by molar-refractivity contribution is 7.72. The fraction of sp³-hybridized carbons (Fsp3) is 0.188. The average molecular weight is 354 g/mol. The first-order chi connectivity index (χ1) is 11.0. The molecule has 0 fully saturated rings. The Morgan fingerprint density at radius 2 is 2.04 bits per heavy atom. The predicted molar refractivity (Wildman–Crippen MR) is 85.2 cm³/mol. The molecule has 0 unspecified atom stereocenters. The first kappa shape index (κ1) is 17.3. The zero-order valence-electron chi connectivity index (χ0n) is 12.2. The van der Waals surface area contributed by atoms with Crippen LogP contribution in [0.15, 0.2) is 35.2 Å². The van der Waals surface area contributed by atoms with Crippen molar-refractivity contribution in [3.63, 3.8) is 0 Å². The van der Waals surface area contributed by atoms with E-state index in [9.17, 15) is 18.1 Å². The van der Waals surface area contributed by atoms with E-state index in [0.29, 0.717) is 18.4 Å². The molecule has 120 valence electrons. The summed E-state index contributed by atoms with van der Waals surface area (Å²) < 4.78 is 41.6. The van der Waals surface area contributed by atoms with Gasteiger partial charge in [-0.3, -0.25) is 0 Å². The molecule has 2 aromatic rings. The minimum atomic E-state index is -2.82. The predicted octanol–water partition coefficient (Wildman–Crippen LogP) is 4.07. The van der Waals surface area contributed by atoms with E-state index in [4.69, 9.17) is 16.3 Å². The normalized spacial score (nSPS) is 10.6. The van der Waals surface area contributed by atoms with Gasteiger partial charge in [0.15, 0.2) is 10.7 Å². The topological polar surface area (TPSA) is 67.2 Å². The van der Waals surface area contributed by atoms with Crippen molar-refractivity contribution in [1.82, 2.24) is 0 Å². The van der Waals surface area contributed by atoms with Gasteiger partial charge in [-0.25, -0.2) is 12.8 Å². The Morgan fingerprint density at radius 1 is 1.30 bits per heavy atom. The molecule has 23 heavy (non-hydrogen) atoms. The molecule has 0 aliphatic rings. The van der Waals surface area contributed by atoms with E-state index in [1.54, 1.807) is 0 Å². The van der Waals surface area contributed by atoms with Crippen molar-refractivity contribution < 1.29 is 17.5 Å². The lowest BCUT2D eigenvalue weighted by Crippen LogP contribution is -2.00. The van der Waals surface area contributed by atoms with Gasteiger partial charge in [0.05, 0.1) is 10.5 Å². The van der Waals surface area contributed by atoms with Gasteiger partial charge in [-0.1, -0.05) is 24.9 Å². The highest BCUT2D eigenvalue weighted by Gasteiger charge is 2.16. The van der Waals surface area contributed by atoms with Gasteiger partial charge in [0.25, 0.3) is 0 Å². The zero-order chi connectivity index (χ0) is 17.0. The fourth-order valence-corrected chi connectivity index (χ4v) is 3.06. The van der Waals surface area contributed by atoms with Crippen LogP contribution in [0.1, 0.15) is 24.5 Å². The van der Waals surface area contributed by atoms with E-state index in [-0.39, 0.29) is 27.0 Å². The summed E-state index contributed by atoms with van der Waals surface area (Å²) in [7, 11) is -2.82. The Kier molecular flexibility index (Phi) is 5.59. The maximum Gasteiger partial charge on any atom is 0.168 e. The van der Waals surface area contributed by atoms with Crippen LogP contribution < -0.4 is 4.74 Å². The van der Waals surface area contributed by atoms with E-state index < -0.39 is 16.5 Å². The van der Waals surface area contributed by atoms with E-state index in [1.165, 1.54) is 18.2 Å². The van der Waals surface area contributed by atoms with E-state index in [2.05, 4.69) is 0 Å². The van der Waals surface area contributed by atoms with Crippen molar-refractivity contribution in [2.75, 3.05) is 0 Å². The average Bonchev–Trinajstić information content (AvgIpc) is 2.46. The molecule has 0 bridgehead atoms. The number of rotatable bonds is 5. The fourth-order valence-electron chi connectivity index (χ4n) is 2.21. The Hall–Kier alpha value is -2.10. The highest BCUT2D eigenvalue weighted by atomic mass is 35.5. The van der Waals surface area contributed by atoms with Crippen molar-refractivity contribution in [2.24, 2.45) is 0 Å². The summed E-state index contributed by atoms with van der Waals surface area (Å²) >= 11 is 5.77. The maximum atomic E-state index is 13.4. The lowest BCUT2D eigenvalue weighted by atomic mass is 10.0. The number of thiol groups is 1. The minimum Gasteiger partial charge on any atom is -0.456 e. The molecule has 0 spiro atoms. The molecule has 0 radical (unpaired) electrons. The van der Waals surface area contributed by atoms with E-state index in [0.717, 1.165) is 12.1 Å². The Morgan fingerprint density at radius 3 is 2.61 bits per heavy atom. The molecule has 2 rings (SSSR count). The third kappa shape index (κ3) is 4.01. The van der Waals surface area contributed by atoms with Crippen LogP contribution in [0, 0.1) is 17.1 Å². The van der Waals surface area contributed by atoms with Crippen LogP contribution in [-0.4, -0.2) is 8.42 Å². The van der Waals surface area contributed by atoms with Crippen molar-refractivity contribution >= 4 is 22.3 Å². The molecule has 0 aliphatic carbocycles. The van der Waals surface area contributed by atoms with Crippen LogP contribution in [0.3, 0.4) is 0 Å². The molecule has 4 nitrogen and oxygen atoms in total. The summed E-state index contributed by atoms with van der Waals surface area (Å²) in [6, 6.07) is 8.42. The summed E-state index contributed by atoms with van der Waals surface area (Å²) in [6.07, 6.45) is 1.09. The van der Waals surface area contributed by atoms with Crippen molar-refractivity contribution in [1.29, 1.82) is 5.26 Å². The molecule has 0 saturated carbocycles. The number of hydrogen-bond donors (Lipinski definition) is 1. The van der Waals surface area contributed by atoms with Crippen LogP contribution in [0.25, 0.3) is 0 Å². The number of nitrogens with zero attached hydrogens (tertiary/aromatic N) is 1. The van der Waals surface area contributed by atoms with Gasteiger partial charge in [-0.2, -0.15) is 5.26 Å². The maximum absolute atomic E-state index is 13.4. The monoisotopic (exact) mass is 353 g/mol. The van der Waals surface area contributed by atoms with Crippen LogP contribution in [0.5, 0.6) is 11.5 Å². The molecule has 0 atom stereocenters. The second kappa shape index (κ2) is 7.44. The van der Waals surface area contributed by atoms with Crippen LogP contribution in [-0.2, 0) is 17.1 Å². The third-order valence-corrected chi connectivity index (χ3v) is 4.15. The largest absolute Gasteiger partial charge is 0.456 e. The first-order valence-corrected chi connectivity index (χ1v) is 8.36. The first-order valence-electron chi connectivity index (χ1n) is 6.80. The van der Waals surface area contributed by atoms with Gasteiger partial charge in [0.2, 0.25) is 0 Å². The number of ether oxygens (including phenoxy) is 1. The quantitative estimate of drug-likeness (QED) is 0.823. The zero-order valence-corrected chi connectivity index (χ0v) is 13.8. The Labute approximate surface area is 140 Å². The lowest BCUT2D eigenvalue weighted by Gasteiger charge is -2.12. The highest BCUT2D eigenvalue weighted by Crippen LogP contribution is 2.32. The minimum absolute atomic E-state index is 0.100. The van der Waals surface area contributed by atoms with Gasteiger partial charge >= 0.3 is 0 Å². The molecule has 0 N–H and O–H groups in total. The number of nitriles is 1. The molecule has 0 heterocycles. The molecule has 0 amide bonds. The van der Waals surface area contributed by atoms with Crippen LogP contribution in [0.2, 0.25) is 5.02 Å². The second-order valence-corrected chi connectivity index (χ2v) is 6.19. The standard InChI is InChI=1S/C16H13ClFNO3S/c1-2-3-13-14(9-19)15(4-5-16(13)23(20)21)22-12-7-10(17)6-11(18)8-12/h4-8,23H,2-3H2,1H3. The van der Waals surface area contributed by atoms with Gasteiger partial charge < -0.3 is 4.74 Å². The molecule has 0 aromatic heterocycles. The molecular weight excluding hydrogens is 341 g/mol. The Balaban J connectivity index is 2.54. The van der Waals surface area contributed by atoms with Crippen molar-refractivity contribution in [2.45, 2.75) is 24.7 Å². The smallest absolute Gasteiger partial charge is 0.168 e. The second-order valence-electron chi connectivity index (χ2n) is 4.76. The molecule has 7 heteroatoms. The summed E-state index contributed by atoms with van der Waals surface area (Å²) in [5.74, 6) is -0.273. The van der Waals surface area contributed by atoms with Crippen LogP contribution in [0.4, 0.5) is 4.39 Å². The van der Waals surface area contributed by atoms with Gasteiger partial charge in [0, 0.05) is 11.1 Å². The summed E-state index contributed by atoms with van der Waals surface area (Å²) in [6.45, 7) is 1.88. The summed E-state index contributed by atoms with van der Waals surface area (Å²) in [5, 5.41) is 9.55. The molecule has 2 aromatic carbocycles. The number of halogens is 2. The third-order valence-electron chi connectivity index (χ3n) is 3.12. The van der Waals surface area contributed by atoms with Crippen molar-refractivity contribution in [3.8, 4) is 17.6 Å². The number of benzene rings is 2. The van der Waals surface area contributed by atoms with Crippen molar-refractivity contribution in [3.05, 3.63) is 52.3 Å². The van der Waals surface area contributed by atoms with Gasteiger partial charge in [0.1, 0.15) is 23.4 Å². The molecular formula is C16H13ClFNO3S. The number of hydrogen-bond acceptors (Lipinski definition) is 4. The molecule has 0 aliphatic heterocycles. The summed E-state index contributed by atoms with van der Waals surface area (Å²) in [5.41, 5.74) is 0.537. The van der Waals surface area contributed by atoms with Gasteiger partial charge in [-0.05, 0) is 36.2 Å². The summed E-state index contributed by atoms with van der Waals surface area (Å²) in [4.78, 5) is 0.100. The lowest BCUT2D eigenvalue weighted by molar-refractivity contribution is 0.474. The SMILES string of the molecule is CCCc1c([SH](=O)=O)ccc(Oc2cc(F)cc(Cl)c2)c1C#N. The van der Waals surface area contributed by atoms with E-state index >= 15 is 0 Å². The molecule has 0 saturated heterocycles.